The van der Waals surface area contributed by atoms with Gasteiger partial charge in [-0.3, -0.25) is 4.90 Å². The minimum absolute atomic E-state index is 0.0252. The Hall–Kier alpha value is -0.970. The first kappa shape index (κ1) is 14.4. The van der Waals surface area contributed by atoms with Gasteiger partial charge in [-0.25, -0.2) is 4.39 Å². The van der Waals surface area contributed by atoms with Crippen LogP contribution in [0.4, 0.5) is 4.39 Å². The molecule has 1 heterocycles. The Balaban J connectivity index is 2.13. The van der Waals surface area contributed by atoms with E-state index in [1.165, 1.54) is 6.07 Å². The molecule has 1 aliphatic heterocycles. The lowest BCUT2D eigenvalue weighted by molar-refractivity contribution is -0.0550. The molecule has 1 N–H and O–H groups in total. The van der Waals surface area contributed by atoms with Crippen molar-refractivity contribution in [3.8, 4) is 0 Å². The largest absolute Gasteiger partial charge is 0.374 e. The van der Waals surface area contributed by atoms with E-state index in [2.05, 4.69) is 24.1 Å². The first-order chi connectivity index (χ1) is 9.11. The minimum Gasteiger partial charge on any atom is -0.374 e. The molecule has 106 valence electrons. The van der Waals surface area contributed by atoms with Crippen molar-refractivity contribution < 1.29 is 9.13 Å². The molecule has 2 unspecified atom stereocenters. The lowest BCUT2D eigenvalue weighted by Crippen LogP contribution is -2.49. The summed E-state index contributed by atoms with van der Waals surface area (Å²) in [4.78, 5) is 2.40. The maximum Gasteiger partial charge on any atom is 0.123 e. The summed E-state index contributed by atoms with van der Waals surface area (Å²) in [6.45, 7) is 6.96. The molecule has 1 fully saturated rings. The summed E-state index contributed by atoms with van der Waals surface area (Å²) in [7, 11) is 1.90. The number of rotatable bonds is 4. The molecule has 1 aromatic carbocycles. The SMILES string of the molecule is CNC(c1cccc(F)c1)C1CN(C(C)C)CCO1. The van der Waals surface area contributed by atoms with Crippen molar-refractivity contribution in [3.05, 3.63) is 35.6 Å². The third kappa shape index (κ3) is 3.53. The van der Waals surface area contributed by atoms with E-state index in [0.717, 1.165) is 25.3 Å². The molecule has 0 spiro atoms. The molecular weight excluding hydrogens is 243 g/mol. The summed E-state index contributed by atoms with van der Waals surface area (Å²) >= 11 is 0. The second-order valence-electron chi connectivity index (χ2n) is 5.32. The molecule has 1 aliphatic rings. The molecule has 0 bridgehead atoms. The van der Waals surface area contributed by atoms with Gasteiger partial charge in [-0.2, -0.15) is 0 Å². The van der Waals surface area contributed by atoms with Gasteiger partial charge in [-0.1, -0.05) is 12.1 Å². The van der Waals surface area contributed by atoms with E-state index in [1.807, 2.05) is 13.1 Å². The highest BCUT2D eigenvalue weighted by atomic mass is 19.1. The van der Waals surface area contributed by atoms with E-state index in [9.17, 15) is 4.39 Å². The molecular formula is C15H23FN2O. The van der Waals surface area contributed by atoms with E-state index >= 15 is 0 Å². The molecule has 0 amide bonds. The van der Waals surface area contributed by atoms with Gasteiger partial charge in [0.2, 0.25) is 0 Å². The van der Waals surface area contributed by atoms with Gasteiger partial charge < -0.3 is 10.1 Å². The summed E-state index contributed by atoms with van der Waals surface area (Å²) in [5.41, 5.74) is 0.943. The average molecular weight is 266 g/mol. The Bertz CT molecular complexity index is 411. The van der Waals surface area contributed by atoms with E-state index in [0.29, 0.717) is 6.04 Å². The molecule has 0 aromatic heterocycles. The van der Waals surface area contributed by atoms with Crippen LogP contribution in [0.5, 0.6) is 0 Å². The van der Waals surface area contributed by atoms with Gasteiger partial charge >= 0.3 is 0 Å². The van der Waals surface area contributed by atoms with Crippen molar-refractivity contribution >= 4 is 0 Å². The highest BCUT2D eigenvalue weighted by molar-refractivity contribution is 5.21. The summed E-state index contributed by atoms with van der Waals surface area (Å²) in [5.74, 6) is -0.200. The summed E-state index contributed by atoms with van der Waals surface area (Å²) in [6.07, 6.45) is 0.0583. The van der Waals surface area contributed by atoms with E-state index in [4.69, 9.17) is 4.74 Å². The number of ether oxygens (including phenoxy) is 1. The Kier molecular flexibility index (Phi) is 4.91. The molecule has 0 saturated carbocycles. The van der Waals surface area contributed by atoms with Crippen molar-refractivity contribution in [1.29, 1.82) is 0 Å². The number of nitrogens with zero attached hydrogens (tertiary/aromatic N) is 1. The van der Waals surface area contributed by atoms with Crippen LogP contribution in [0.25, 0.3) is 0 Å². The normalized spacial score (nSPS) is 22.7. The molecule has 1 aromatic rings. The standard InChI is InChI=1S/C15H23FN2O/c1-11(2)18-7-8-19-14(10-18)15(17-3)12-5-4-6-13(16)9-12/h4-6,9,11,14-15,17H,7-8,10H2,1-3H3. The van der Waals surface area contributed by atoms with Gasteiger partial charge in [-0.15, -0.1) is 0 Å². The maximum absolute atomic E-state index is 13.4. The van der Waals surface area contributed by atoms with Gasteiger partial charge in [-0.05, 0) is 38.6 Å². The molecule has 1 saturated heterocycles. The van der Waals surface area contributed by atoms with Gasteiger partial charge in [0.05, 0.1) is 18.8 Å². The van der Waals surface area contributed by atoms with Crippen molar-refractivity contribution in [2.45, 2.75) is 32.0 Å². The smallest absolute Gasteiger partial charge is 0.123 e. The topological polar surface area (TPSA) is 24.5 Å². The number of likely N-dealkylation sites (N-methyl/N-ethyl adjacent to an activating group) is 1. The number of benzene rings is 1. The fraction of sp³-hybridized carbons (Fsp3) is 0.600. The Morgan fingerprint density at radius 3 is 2.84 bits per heavy atom. The van der Waals surface area contributed by atoms with Crippen LogP contribution >= 0.6 is 0 Å². The number of hydrogen-bond donors (Lipinski definition) is 1. The summed E-state index contributed by atoms with van der Waals surface area (Å²) in [6, 6.07) is 7.28. The monoisotopic (exact) mass is 266 g/mol. The molecule has 0 radical (unpaired) electrons. The molecule has 2 rings (SSSR count). The van der Waals surface area contributed by atoms with Crippen LogP contribution < -0.4 is 5.32 Å². The number of halogens is 1. The third-order valence-corrected chi connectivity index (χ3v) is 3.75. The van der Waals surface area contributed by atoms with Crippen LogP contribution in [0, 0.1) is 5.82 Å². The van der Waals surface area contributed by atoms with Gasteiger partial charge in [0, 0.05) is 19.1 Å². The van der Waals surface area contributed by atoms with Crippen molar-refractivity contribution in [2.24, 2.45) is 0 Å². The van der Waals surface area contributed by atoms with E-state index < -0.39 is 0 Å². The van der Waals surface area contributed by atoms with Crippen molar-refractivity contribution in [3.63, 3.8) is 0 Å². The number of hydrogen-bond acceptors (Lipinski definition) is 3. The van der Waals surface area contributed by atoms with Crippen LogP contribution in [0.3, 0.4) is 0 Å². The maximum atomic E-state index is 13.4. The second-order valence-corrected chi connectivity index (χ2v) is 5.32. The van der Waals surface area contributed by atoms with Gasteiger partial charge in [0.15, 0.2) is 0 Å². The minimum atomic E-state index is -0.200. The summed E-state index contributed by atoms with van der Waals surface area (Å²) in [5, 5.41) is 3.26. The zero-order chi connectivity index (χ0) is 13.8. The predicted octanol–water partition coefficient (Wildman–Crippen LogP) is 2.20. The van der Waals surface area contributed by atoms with Crippen LogP contribution in [0.2, 0.25) is 0 Å². The zero-order valence-corrected chi connectivity index (χ0v) is 11.9. The highest BCUT2D eigenvalue weighted by Gasteiger charge is 2.29. The number of morpholine rings is 1. The average Bonchev–Trinajstić information content (AvgIpc) is 2.40. The molecule has 4 heteroatoms. The Morgan fingerprint density at radius 2 is 2.21 bits per heavy atom. The lowest BCUT2D eigenvalue weighted by Gasteiger charge is -2.39. The molecule has 0 aliphatic carbocycles. The van der Waals surface area contributed by atoms with Crippen LogP contribution in [-0.2, 0) is 4.74 Å². The quantitative estimate of drug-likeness (QED) is 0.904. The number of nitrogens with one attached hydrogen (secondary N) is 1. The Labute approximate surface area is 114 Å². The lowest BCUT2D eigenvalue weighted by atomic mass is 9.99. The zero-order valence-electron chi connectivity index (χ0n) is 11.9. The van der Waals surface area contributed by atoms with Gasteiger partial charge in [0.1, 0.15) is 5.82 Å². The second kappa shape index (κ2) is 6.46. The predicted molar refractivity (Wildman–Crippen MR) is 74.6 cm³/mol. The third-order valence-electron chi connectivity index (χ3n) is 3.75. The van der Waals surface area contributed by atoms with Crippen molar-refractivity contribution in [1.82, 2.24) is 10.2 Å². The van der Waals surface area contributed by atoms with Crippen molar-refractivity contribution in [2.75, 3.05) is 26.7 Å². The fourth-order valence-corrected chi connectivity index (χ4v) is 2.63. The highest BCUT2D eigenvalue weighted by Crippen LogP contribution is 2.23. The fourth-order valence-electron chi connectivity index (χ4n) is 2.63. The van der Waals surface area contributed by atoms with Crippen LogP contribution in [0.1, 0.15) is 25.5 Å². The van der Waals surface area contributed by atoms with Crippen LogP contribution in [0.15, 0.2) is 24.3 Å². The van der Waals surface area contributed by atoms with Crippen LogP contribution in [-0.4, -0.2) is 43.8 Å². The first-order valence-corrected chi connectivity index (χ1v) is 6.90. The first-order valence-electron chi connectivity index (χ1n) is 6.90. The Morgan fingerprint density at radius 1 is 1.42 bits per heavy atom. The summed E-state index contributed by atoms with van der Waals surface area (Å²) < 4.78 is 19.2. The van der Waals surface area contributed by atoms with E-state index in [1.54, 1.807) is 12.1 Å². The van der Waals surface area contributed by atoms with Gasteiger partial charge in [0.25, 0.3) is 0 Å². The van der Waals surface area contributed by atoms with E-state index in [-0.39, 0.29) is 18.0 Å². The molecule has 2 atom stereocenters. The molecule has 19 heavy (non-hydrogen) atoms. The molecule has 3 nitrogen and oxygen atoms in total.